The molecule has 0 spiro atoms. The number of anilines is 1. The number of carbonyl (C=O) groups excluding carboxylic acids is 2. The van der Waals surface area contributed by atoms with Crippen LogP contribution in [0.2, 0.25) is 0 Å². The van der Waals surface area contributed by atoms with Crippen molar-refractivity contribution in [2.75, 3.05) is 32.1 Å². The number of benzene rings is 4. The van der Waals surface area contributed by atoms with Crippen molar-refractivity contribution in [1.29, 1.82) is 0 Å². The van der Waals surface area contributed by atoms with Gasteiger partial charge in [0.1, 0.15) is 17.6 Å². The maximum Gasteiger partial charge on any atom is 0.284 e. The van der Waals surface area contributed by atoms with Crippen LogP contribution in [0.25, 0.3) is 10.2 Å². The van der Waals surface area contributed by atoms with Gasteiger partial charge in [-0.05, 0) is 68.1 Å². The Hall–Kier alpha value is -4.77. The molecule has 1 aliphatic rings. The molecular formula is C37H38N4O5S. The fourth-order valence-corrected chi connectivity index (χ4v) is 6.54. The minimum Gasteiger partial charge on any atom is -0.486 e. The monoisotopic (exact) mass is 650 g/mol. The Morgan fingerprint density at radius 2 is 1.77 bits per heavy atom. The molecular weight excluding hydrogens is 612 g/mol. The standard InChI is InChI=1S/C37H38N4O5S/c1-24-20-41(25(2)23-42)37(44)29-12-9-14-31(38-35(43)36-39-30-13-7-8-15-33(30)47-36)34(29)46-32(24)22-40(3)21-26-16-18-28(19-17-26)45-27-10-5-4-6-11-27/h4-19,24-25,32,42H,20-23H2,1-3H3,(H,38,43)/t24-,25-,32+/m0/s1. The van der Waals surface area contributed by atoms with Crippen LogP contribution in [0.1, 0.15) is 39.6 Å². The van der Waals surface area contributed by atoms with Crippen LogP contribution in [-0.4, -0.2) is 70.6 Å². The number of nitrogens with zero attached hydrogens (tertiary/aromatic N) is 3. The Labute approximate surface area is 278 Å². The quantitative estimate of drug-likeness (QED) is 0.174. The van der Waals surface area contributed by atoms with E-state index in [1.165, 1.54) is 11.3 Å². The second kappa shape index (κ2) is 14.3. The van der Waals surface area contributed by atoms with E-state index in [9.17, 15) is 14.7 Å². The number of ether oxygens (including phenoxy) is 2. The first kappa shape index (κ1) is 32.2. The van der Waals surface area contributed by atoms with E-state index in [0.29, 0.717) is 41.6 Å². The summed E-state index contributed by atoms with van der Waals surface area (Å²) >= 11 is 1.31. The molecule has 9 nitrogen and oxygen atoms in total. The molecule has 0 aliphatic carbocycles. The Morgan fingerprint density at radius 3 is 2.51 bits per heavy atom. The van der Waals surface area contributed by atoms with Gasteiger partial charge in [-0.15, -0.1) is 11.3 Å². The lowest BCUT2D eigenvalue weighted by molar-refractivity contribution is 0.0343. The van der Waals surface area contributed by atoms with Gasteiger partial charge in [-0.2, -0.15) is 0 Å². The zero-order valence-corrected chi connectivity index (χ0v) is 27.4. The third-order valence-electron chi connectivity index (χ3n) is 8.27. The number of hydrogen-bond donors (Lipinski definition) is 2. The fraction of sp³-hybridized carbons (Fsp3) is 0.270. The van der Waals surface area contributed by atoms with Crippen LogP contribution in [0.5, 0.6) is 17.2 Å². The van der Waals surface area contributed by atoms with Gasteiger partial charge in [0.2, 0.25) is 0 Å². The molecule has 47 heavy (non-hydrogen) atoms. The van der Waals surface area contributed by atoms with Gasteiger partial charge in [0, 0.05) is 25.6 Å². The summed E-state index contributed by atoms with van der Waals surface area (Å²) in [7, 11) is 2.03. The summed E-state index contributed by atoms with van der Waals surface area (Å²) < 4.78 is 13.6. The number of carbonyl (C=O) groups is 2. The molecule has 10 heteroatoms. The normalized spacial score (nSPS) is 17.0. The summed E-state index contributed by atoms with van der Waals surface area (Å²) in [6.07, 6.45) is -0.332. The average Bonchev–Trinajstić information content (AvgIpc) is 3.52. The number of thiazole rings is 1. The second-order valence-corrected chi connectivity index (χ2v) is 13.0. The van der Waals surface area contributed by atoms with E-state index in [0.717, 1.165) is 27.3 Å². The van der Waals surface area contributed by atoms with Gasteiger partial charge in [0.05, 0.1) is 34.1 Å². The van der Waals surface area contributed by atoms with Gasteiger partial charge in [-0.1, -0.05) is 55.5 Å². The summed E-state index contributed by atoms with van der Waals surface area (Å²) in [6, 6.07) is 30.1. The molecule has 0 bridgehead atoms. The summed E-state index contributed by atoms with van der Waals surface area (Å²) in [5.74, 6) is 1.15. The molecule has 2 N–H and O–H groups in total. The highest BCUT2D eigenvalue weighted by molar-refractivity contribution is 7.20. The molecule has 5 aromatic rings. The van der Waals surface area contributed by atoms with E-state index in [1.54, 1.807) is 23.1 Å². The molecule has 0 unspecified atom stereocenters. The van der Waals surface area contributed by atoms with E-state index < -0.39 is 6.04 Å². The summed E-state index contributed by atoms with van der Waals surface area (Å²) in [4.78, 5) is 35.7. The highest BCUT2D eigenvalue weighted by atomic mass is 32.1. The molecule has 6 rings (SSSR count). The molecule has 0 fully saturated rings. The van der Waals surface area contributed by atoms with Crippen molar-refractivity contribution in [3.8, 4) is 17.2 Å². The van der Waals surface area contributed by atoms with Gasteiger partial charge >= 0.3 is 0 Å². The van der Waals surface area contributed by atoms with Crippen molar-refractivity contribution in [3.63, 3.8) is 0 Å². The molecule has 1 aromatic heterocycles. The number of likely N-dealkylation sites (N-methyl/N-ethyl adjacent to an activating group) is 1. The fourth-order valence-electron chi connectivity index (χ4n) is 5.68. The molecule has 0 saturated carbocycles. The number of aliphatic hydroxyl groups is 1. The van der Waals surface area contributed by atoms with Crippen molar-refractivity contribution >= 4 is 39.1 Å². The van der Waals surface area contributed by atoms with Gasteiger partial charge in [0.25, 0.3) is 11.8 Å². The van der Waals surface area contributed by atoms with Gasteiger partial charge in [-0.3, -0.25) is 14.5 Å². The maximum atomic E-state index is 13.9. The number of aromatic nitrogens is 1. The lowest BCUT2D eigenvalue weighted by atomic mass is 9.98. The van der Waals surface area contributed by atoms with E-state index in [4.69, 9.17) is 9.47 Å². The van der Waals surface area contributed by atoms with Crippen molar-refractivity contribution in [1.82, 2.24) is 14.8 Å². The van der Waals surface area contributed by atoms with Crippen LogP contribution in [-0.2, 0) is 6.54 Å². The number of amides is 2. The average molecular weight is 651 g/mol. The summed E-state index contributed by atoms with van der Waals surface area (Å²) in [6.45, 7) is 5.34. The molecule has 0 saturated heterocycles. The van der Waals surface area contributed by atoms with Crippen molar-refractivity contribution in [2.45, 2.75) is 32.5 Å². The number of nitrogens with one attached hydrogen (secondary N) is 1. The zero-order chi connectivity index (χ0) is 32.9. The molecule has 2 amide bonds. The third-order valence-corrected chi connectivity index (χ3v) is 9.31. The first-order valence-corrected chi connectivity index (χ1v) is 16.5. The number of para-hydroxylation sites is 3. The predicted octanol–water partition coefficient (Wildman–Crippen LogP) is 6.69. The van der Waals surface area contributed by atoms with Crippen molar-refractivity contribution < 1.29 is 24.2 Å². The number of hydrogen-bond acceptors (Lipinski definition) is 8. The van der Waals surface area contributed by atoms with E-state index in [2.05, 4.69) is 15.2 Å². The van der Waals surface area contributed by atoms with Gasteiger partial charge < -0.3 is 24.8 Å². The molecule has 1 aliphatic heterocycles. The smallest absolute Gasteiger partial charge is 0.284 e. The zero-order valence-electron chi connectivity index (χ0n) is 26.6. The highest BCUT2D eigenvalue weighted by Gasteiger charge is 2.34. The third kappa shape index (κ3) is 7.46. The molecule has 0 radical (unpaired) electrons. The van der Waals surface area contributed by atoms with Crippen molar-refractivity contribution in [2.24, 2.45) is 5.92 Å². The van der Waals surface area contributed by atoms with E-state index in [1.807, 2.05) is 99.8 Å². The molecule has 2 heterocycles. The topological polar surface area (TPSA) is 104 Å². The maximum absolute atomic E-state index is 13.9. The van der Waals surface area contributed by atoms with E-state index in [-0.39, 0.29) is 30.4 Å². The number of fused-ring (bicyclic) bond motifs is 2. The molecule has 242 valence electrons. The first-order valence-electron chi connectivity index (χ1n) is 15.7. The Kier molecular flexibility index (Phi) is 9.81. The SMILES string of the molecule is C[C@H]1CN([C@@H](C)CO)C(=O)c2cccc(NC(=O)c3nc4ccccc4s3)c2O[C@@H]1CN(C)Cc1ccc(Oc2ccccc2)cc1. The molecule has 4 aromatic carbocycles. The number of rotatable bonds is 10. The van der Waals surface area contributed by atoms with Gasteiger partial charge in [-0.25, -0.2) is 4.98 Å². The van der Waals surface area contributed by atoms with Crippen LogP contribution >= 0.6 is 11.3 Å². The summed E-state index contributed by atoms with van der Waals surface area (Å²) in [5, 5.41) is 13.3. The van der Waals surface area contributed by atoms with E-state index >= 15 is 0 Å². The van der Waals surface area contributed by atoms with Crippen molar-refractivity contribution in [3.05, 3.63) is 113 Å². The summed E-state index contributed by atoms with van der Waals surface area (Å²) in [5.41, 5.74) is 2.59. The predicted molar refractivity (Wildman–Crippen MR) is 184 cm³/mol. The Balaban J connectivity index is 1.23. The van der Waals surface area contributed by atoms with Crippen LogP contribution in [0.3, 0.4) is 0 Å². The van der Waals surface area contributed by atoms with Crippen LogP contribution < -0.4 is 14.8 Å². The lowest BCUT2D eigenvalue weighted by Crippen LogP contribution is -2.49. The first-order chi connectivity index (χ1) is 22.8. The Morgan fingerprint density at radius 1 is 1.04 bits per heavy atom. The Bertz CT molecular complexity index is 1810. The van der Waals surface area contributed by atoms with Crippen LogP contribution in [0.15, 0.2) is 97.1 Å². The highest BCUT2D eigenvalue weighted by Crippen LogP contribution is 2.36. The van der Waals surface area contributed by atoms with Crippen LogP contribution in [0, 0.1) is 5.92 Å². The number of aliphatic hydroxyl groups excluding tert-OH is 1. The minimum absolute atomic E-state index is 0.0850. The molecule has 3 atom stereocenters. The largest absolute Gasteiger partial charge is 0.486 e. The van der Waals surface area contributed by atoms with Gasteiger partial charge in [0.15, 0.2) is 10.8 Å². The van der Waals surface area contributed by atoms with Crippen LogP contribution in [0.4, 0.5) is 5.69 Å². The second-order valence-electron chi connectivity index (χ2n) is 12.0. The minimum atomic E-state index is -0.396. The lowest BCUT2D eigenvalue weighted by Gasteiger charge is -2.38.